The van der Waals surface area contributed by atoms with E-state index >= 15 is 0 Å². The van der Waals surface area contributed by atoms with E-state index in [1.54, 1.807) is 0 Å². The molecule has 2 atom stereocenters. The van der Waals surface area contributed by atoms with Crippen LogP contribution < -0.4 is 0 Å². The average Bonchev–Trinajstić information content (AvgIpc) is 2.74. The van der Waals surface area contributed by atoms with Gasteiger partial charge in [-0.05, 0) is 18.8 Å². The molecule has 2 unspecified atom stereocenters. The van der Waals surface area contributed by atoms with Gasteiger partial charge in [0.2, 0.25) is 0 Å². The highest BCUT2D eigenvalue weighted by atomic mass is 14.9. The molecular weight excluding hydrogens is 220 g/mol. The zero-order valence-electron chi connectivity index (χ0n) is 13.0. The minimum absolute atomic E-state index is 0.486. The maximum Gasteiger partial charge on any atom is 0.109 e. The molecule has 0 spiro atoms. The summed E-state index contributed by atoms with van der Waals surface area (Å²) in [6.45, 7) is 13.6. The zero-order valence-corrected chi connectivity index (χ0v) is 13.0. The van der Waals surface area contributed by atoms with Gasteiger partial charge in [0.15, 0.2) is 0 Å². The van der Waals surface area contributed by atoms with E-state index in [1.165, 1.54) is 37.1 Å². The fourth-order valence-electron chi connectivity index (χ4n) is 2.59. The van der Waals surface area contributed by atoms with Gasteiger partial charge in [0.1, 0.15) is 5.82 Å². The summed E-state index contributed by atoms with van der Waals surface area (Å²) in [4.78, 5) is 8.47. The average molecular weight is 250 g/mol. The number of H-pyrrole nitrogens is 1. The second kappa shape index (κ2) is 6.96. The second-order valence-electron chi connectivity index (χ2n) is 5.96. The number of hydrogen-bond acceptors (Lipinski definition) is 1. The molecule has 1 rings (SSSR count). The van der Waals surface area contributed by atoms with E-state index in [1.807, 2.05) is 0 Å². The largest absolute Gasteiger partial charge is 0.345 e. The quantitative estimate of drug-likeness (QED) is 0.695. The SMILES string of the molecule is CCCC(C)c1nc(C(C)C)[nH]c1C(C)CCC. The Morgan fingerprint density at radius 3 is 2.00 bits per heavy atom. The third kappa shape index (κ3) is 3.60. The van der Waals surface area contributed by atoms with Crippen molar-refractivity contribution in [2.24, 2.45) is 0 Å². The van der Waals surface area contributed by atoms with Gasteiger partial charge < -0.3 is 4.98 Å². The van der Waals surface area contributed by atoms with Gasteiger partial charge in [-0.3, -0.25) is 0 Å². The van der Waals surface area contributed by atoms with Gasteiger partial charge in [-0.25, -0.2) is 4.98 Å². The predicted molar refractivity (Wildman–Crippen MR) is 79.3 cm³/mol. The topological polar surface area (TPSA) is 28.7 Å². The van der Waals surface area contributed by atoms with Gasteiger partial charge in [-0.2, -0.15) is 0 Å². The van der Waals surface area contributed by atoms with Gasteiger partial charge >= 0.3 is 0 Å². The van der Waals surface area contributed by atoms with Crippen molar-refractivity contribution in [2.45, 2.75) is 85.0 Å². The highest BCUT2D eigenvalue weighted by Gasteiger charge is 2.20. The molecule has 0 saturated heterocycles. The van der Waals surface area contributed by atoms with Crippen molar-refractivity contribution < 1.29 is 0 Å². The maximum absolute atomic E-state index is 4.88. The molecule has 1 aromatic rings. The number of hydrogen-bond donors (Lipinski definition) is 1. The molecule has 0 bridgehead atoms. The number of nitrogens with one attached hydrogen (secondary N) is 1. The molecule has 1 N–H and O–H groups in total. The molecule has 18 heavy (non-hydrogen) atoms. The number of rotatable bonds is 7. The summed E-state index contributed by atoms with van der Waals surface area (Å²) in [7, 11) is 0. The van der Waals surface area contributed by atoms with Gasteiger partial charge in [-0.1, -0.05) is 54.4 Å². The van der Waals surface area contributed by atoms with Crippen LogP contribution in [0.5, 0.6) is 0 Å². The Kier molecular flexibility index (Phi) is 5.90. The lowest BCUT2D eigenvalue weighted by molar-refractivity contribution is 0.605. The van der Waals surface area contributed by atoms with Crippen molar-refractivity contribution in [2.75, 3.05) is 0 Å². The fraction of sp³-hybridized carbons (Fsp3) is 0.812. The fourth-order valence-corrected chi connectivity index (χ4v) is 2.59. The number of aromatic amines is 1. The van der Waals surface area contributed by atoms with Crippen molar-refractivity contribution in [3.63, 3.8) is 0 Å². The molecule has 0 aromatic carbocycles. The molecule has 0 radical (unpaired) electrons. The summed E-state index contributed by atoms with van der Waals surface area (Å²) < 4.78 is 0. The van der Waals surface area contributed by atoms with E-state index in [0.717, 1.165) is 5.82 Å². The minimum atomic E-state index is 0.486. The van der Waals surface area contributed by atoms with Crippen LogP contribution in [0.1, 0.15) is 102 Å². The van der Waals surface area contributed by atoms with Crippen molar-refractivity contribution in [1.29, 1.82) is 0 Å². The van der Waals surface area contributed by atoms with E-state index in [4.69, 9.17) is 4.98 Å². The molecule has 104 valence electrons. The summed E-state index contributed by atoms with van der Waals surface area (Å²) in [6, 6.07) is 0. The molecule has 2 heteroatoms. The van der Waals surface area contributed by atoms with E-state index in [0.29, 0.717) is 17.8 Å². The molecule has 1 heterocycles. The van der Waals surface area contributed by atoms with Crippen LogP contribution in [0.25, 0.3) is 0 Å². The van der Waals surface area contributed by atoms with Crippen LogP contribution in [-0.2, 0) is 0 Å². The van der Waals surface area contributed by atoms with Crippen LogP contribution in [0.2, 0.25) is 0 Å². The number of aromatic nitrogens is 2. The Labute approximate surface area is 113 Å². The summed E-state index contributed by atoms with van der Waals surface area (Å²) in [6.07, 6.45) is 4.94. The summed E-state index contributed by atoms with van der Waals surface area (Å²) >= 11 is 0. The Balaban J connectivity index is 3.04. The first-order valence-corrected chi connectivity index (χ1v) is 7.60. The van der Waals surface area contributed by atoms with Crippen molar-refractivity contribution in [3.05, 3.63) is 17.2 Å². The number of imidazole rings is 1. The molecule has 1 aromatic heterocycles. The Hall–Kier alpha value is -0.790. The van der Waals surface area contributed by atoms with Crippen LogP contribution in [0.3, 0.4) is 0 Å². The lowest BCUT2D eigenvalue weighted by atomic mass is 9.93. The van der Waals surface area contributed by atoms with Crippen molar-refractivity contribution >= 4 is 0 Å². The van der Waals surface area contributed by atoms with Crippen LogP contribution >= 0.6 is 0 Å². The minimum Gasteiger partial charge on any atom is -0.345 e. The molecule has 0 aliphatic carbocycles. The lowest BCUT2D eigenvalue weighted by Crippen LogP contribution is -2.02. The molecular formula is C16H30N2. The van der Waals surface area contributed by atoms with E-state index in [2.05, 4.69) is 46.5 Å². The van der Waals surface area contributed by atoms with Crippen LogP contribution in [0, 0.1) is 0 Å². The van der Waals surface area contributed by atoms with Crippen LogP contribution in [-0.4, -0.2) is 9.97 Å². The van der Waals surface area contributed by atoms with E-state index in [9.17, 15) is 0 Å². The Morgan fingerprint density at radius 2 is 1.50 bits per heavy atom. The molecule has 0 amide bonds. The Bertz CT molecular complexity index is 322. The van der Waals surface area contributed by atoms with E-state index < -0.39 is 0 Å². The van der Waals surface area contributed by atoms with Gasteiger partial charge in [0, 0.05) is 17.5 Å². The summed E-state index contributed by atoms with van der Waals surface area (Å²) in [5, 5.41) is 0. The first kappa shape index (κ1) is 15.3. The number of nitrogens with zero attached hydrogens (tertiary/aromatic N) is 1. The molecule has 0 aliphatic rings. The normalized spacial score (nSPS) is 15.1. The second-order valence-corrected chi connectivity index (χ2v) is 5.96. The highest BCUT2D eigenvalue weighted by molar-refractivity contribution is 5.23. The monoisotopic (exact) mass is 250 g/mol. The molecule has 2 nitrogen and oxygen atoms in total. The summed E-state index contributed by atoms with van der Waals surface area (Å²) in [5.74, 6) is 2.82. The van der Waals surface area contributed by atoms with Gasteiger partial charge in [0.05, 0.1) is 5.69 Å². The van der Waals surface area contributed by atoms with Crippen molar-refractivity contribution in [3.8, 4) is 0 Å². The summed E-state index contributed by atoms with van der Waals surface area (Å²) in [5.41, 5.74) is 2.71. The van der Waals surface area contributed by atoms with Crippen LogP contribution in [0.15, 0.2) is 0 Å². The Morgan fingerprint density at radius 1 is 0.944 bits per heavy atom. The third-order valence-electron chi connectivity index (χ3n) is 3.73. The predicted octanol–water partition coefficient (Wildman–Crippen LogP) is 5.34. The zero-order chi connectivity index (χ0) is 13.7. The molecule has 0 saturated carbocycles. The van der Waals surface area contributed by atoms with Crippen molar-refractivity contribution in [1.82, 2.24) is 9.97 Å². The van der Waals surface area contributed by atoms with Crippen LogP contribution in [0.4, 0.5) is 0 Å². The van der Waals surface area contributed by atoms with Gasteiger partial charge in [0.25, 0.3) is 0 Å². The first-order chi connectivity index (χ1) is 8.51. The van der Waals surface area contributed by atoms with E-state index in [-0.39, 0.29) is 0 Å². The lowest BCUT2D eigenvalue weighted by Gasteiger charge is -2.14. The molecule has 0 fully saturated rings. The van der Waals surface area contributed by atoms with Gasteiger partial charge in [-0.15, -0.1) is 0 Å². The standard InChI is InChI=1S/C16H30N2/c1-7-9-12(5)14-15(13(6)10-8-2)18-16(17-14)11(3)4/h11-13H,7-10H2,1-6H3,(H,17,18). The smallest absolute Gasteiger partial charge is 0.109 e. The highest BCUT2D eigenvalue weighted by Crippen LogP contribution is 2.31. The maximum atomic E-state index is 4.88. The third-order valence-corrected chi connectivity index (χ3v) is 3.73. The first-order valence-electron chi connectivity index (χ1n) is 7.60. The molecule has 0 aliphatic heterocycles.